The summed E-state index contributed by atoms with van der Waals surface area (Å²) in [6.45, 7) is 0. The van der Waals surface area contributed by atoms with Gasteiger partial charge in [0.15, 0.2) is 0 Å². The van der Waals surface area contributed by atoms with Crippen LogP contribution in [-0.2, 0) is 0 Å². The Hall–Kier alpha value is -3.44. The van der Waals surface area contributed by atoms with Crippen LogP contribution in [0, 0.1) is 5.82 Å². The van der Waals surface area contributed by atoms with Gasteiger partial charge in [-0.05, 0) is 78.0 Å². The Morgan fingerprint density at radius 3 is 2.23 bits per heavy atom. The SMILES string of the molecule is CSc1ccc(-c2ccc3nc(-c4ccc(F)cc4)c(-c4cccnc4)n3c2)cc1. The molecule has 0 unspecified atom stereocenters. The first kappa shape index (κ1) is 18.6. The van der Waals surface area contributed by atoms with Gasteiger partial charge < -0.3 is 0 Å². The highest BCUT2D eigenvalue weighted by atomic mass is 32.2. The van der Waals surface area contributed by atoms with Gasteiger partial charge in [0.1, 0.15) is 11.5 Å². The molecule has 0 fully saturated rings. The highest BCUT2D eigenvalue weighted by Crippen LogP contribution is 2.34. The van der Waals surface area contributed by atoms with E-state index < -0.39 is 0 Å². The third kappa shape index (κ3) is 3.37. The Morgan fingerprint density at radius 2 is 1.53 bits per heavy atom. The van der Waals surface area contributed by atoms with Crippen molar-refractivity contribution >= 4 is 17.4 Å². The van der Waals surface area contributed by atoms with Gasteiger partial charge >= 0.3 is 0 Å². The molecular formula is C25H18FN3S. The molecule has 3 heterocycles. The average Bonchev–Trinajstić information content (AvgIpc) is 3.19. The number of benzene rings is 2. The van der Waals surface area contributed by atoms with Crippen molar-refractivity contribution in [2.24, 2.45) is 0 Å². The third-order valence-electron chi connectivity index (χ3n) is 5.09. The third-order valence-corrected chi connectivity index (χ3v) is 5.84. The van der Waals surface area contributed by atoms with Crippen LogP contribution >= 0.6 is 11.8 Å². The van der Waals surface area contributed by atoms with E-state index in [1.54, 1.807) is 30.1 Å². The fraction of sp³-hybridized carbons (Fsp3) is 0.0400. The van der Waals surface area contributed by atoms with E-state index in [4.69, 9.17) is 4.98 Å². The van der Waals surface area contributed by atoms with Gasteiger partial charge in [-0.25, -0.2) is 9.37 Å². The maximum absolute atomic E-state index is 13.5. The number of hydrogen-bond donors (Lipinski definition) is 0. The summed E-state index contributed by atoms with van der Waals surface area (Å²) in [4.78, 5) is 10.4. The number of nitrogens with zero attached hydrogens (tertiary/aromatic N) is 3. The van der Waals surface area contributed by atoms with Gasteiger partial charge in [0.25, 0.3) is 0 Å². The lowest BCUT2D eigenvalue weighted by Gasteiger charge is -2.08. The molecule has 3 nitrogen and oxygen atoms in total. The molecule has 2 aromatic carbocycles. The Balaban J connectivity index is 1.73. The Kier molecular flexibility index (Phi) is 4.81. The van der Waals surface area contributed by atoms with Crippen LogP contribution < -0.4 is 0 Å². The van der Waals surface area contributed by atoms with Crippen molar-refractivity contribution in [2.45, 2.75) is 4.90 Å². The molecule has 0 N–H and O–H groups in total. The number of aromatic nitrogens is 3. The summed E-state index contributed by atoms with van der Waals surface area (Å²) < 4.78 is 15.6. The lowest BCUT2D eigenvalue weighted by Crippen LogP contribution is -1.92. The number of imidazole rings is 1. The summed E-state index contributed by atoms with van der Waals surface area (Å²) in [6.07, 6.45) is 7.76. The second-order valence-electron chi connectivity index (χ2n) is 6.93. The standard InChI is InChI=1S/C25H18FN3S/c1-30-22-11-6-17(7-12-22)20-8-13-23-28-24(18-4-9-21(26)10-5-18)25(29(23)16-20)19-3-2-14-27-15-19/h2-16H,1H3. The van der Waals surface area contributed by atoms with Gasteiger partial charge in [0.2, 0.25) is 0 Å². The summed E-state index contributed by atoms with van der Waals surface area (Å²) in [5.74, 6) is -0.263. The molecule has 5 heteroatoms. The molecule has 0 aliphatic rings. The Morgan fingerprint density at radius 1 is 0.800 bits per heavy atom. The monoisotopic (exact) mass is 411 g/mol. The van der Waals surface area contributed by atoms with E-state index in [2.05, 4.69) is 52.2 Å². The number of rotatable bonds is 4. The van der Waals surface area contributed by atoms with Gasteiger partial charge in [-0.1, -0.05) is 12.1 Å². The van der Waals surface area contributed by atoms with E-state index in [1.165, 1.54) is 17.0 Å². The summed E-state index contributed by atoms with van der Waals surface area (Å²) in [7, 11) is 0. The zero-order chi connectivity index (χ0) is 20.5. The normalized spacial score (nSPS) is 11.1. The molecular weight excluding hydrogens is 393 g/mol. The minimum atomic E-state index is -0.263. The largest absolute Gasteiger partial charge is 0.298 e. The molecule has 0 aliphatic carbocycles. The number of halogens is 1. The predicted octanol–water partition coefficient (Wildman–Crippen LogP) is 6.59. The molecule has 0 bridgehead atoms. The topological polar surface area (TPSA) is 30.2 Å². The van der Waals surface area contributed by atoms with Crippen LogP contribution in [0.4, 0.5) is 4.39 Å². The quantitative estimate of drug-likeness (QED) is 0.313. The molecule has 0 radical (unpaired) electrons. The van der Waals surface area contributed by atoms with Crippen molar-refractivity contribution in [3.8, 4) is 33.6 Å². The first-order chi connectivity index (χ1) is 14.7. The van der Waals surface area contributed by atoms with Gasteiger partial charge in [-0.15, -0.1) is 11.8 Å². The summed E-state index contributed by atoms with van der Waals surface area (Å²) >= 11 is 1.73. The van der Waals surface area contributed by atoms with E-state index >= 15 is 0 Å². The number of fused-ring (bicyclic) bond motifs is 1. The number of pyridine rings is 2. The molecule has 3 aromatic heterocycles. The van der Waals surface area contributed by atoms with Crippen LogP contribution in [0.2, 0.25) is 0 Å². The van der Waals surface area contributed by atoms with E-state index in [9.17, 15) is 4.39 Å². The smallest absolute Gasteiger partial charge is 0.137 e. The predicted molar refractivity (Wildman–Crippen MR) is 121 cm³/mol. The van der Waals surface area contributed by atoms with Crippen molar-refractivity contribution in [2.75, 3.05) is 6.26 Å². The van der Waals surface area contributed by atoms with Gasteiger partial charge in [-0.3, -0.25) is 9.38 Å². The minimum absolute atomic E-state index is 0.263. The summed E-state index contributed by atoms with van der Waals surface area (Å²) in [5, 5.41) is 0. The van der Waals surface area contributed by atoms with Crippen molar-refractivity contribution in [3.63, 3.8) is 0 Å². The minimum Gasteiger partial charge on any atom is -0.298 e. The van der Waals surface area contributed by atoms with Crippen molar-refractivity contribution < 1.29 is 4.39 Å². The second kappa shape index (κ2) is 7.76. The van der Waals surface area contributed by atoms with Crippen LogP contribution in [0.1, 0.15) is 0 Å². The molecule has 0 amide bonds. The Bertz CT molecular complexity index is 1310. The van der Waals surface area contributed by atoms with Crippen LogP contribution in [0.3, 0.4) is 0 Å². The maximum Gasteiger partial charge on any atom is 0.137 e. The fourth-order valence-electron chi connectivity index (χ4n) is 3.59. The van der Waals surface area contributed by atoms with Crippen LogP contribution in [0.25, 0.3) is 39.3 Å². The van der Waals surface area contributed by atoms with Gasteiger partial charge in [0, 0.05) is 34.6 Å². The first-order valence-corrected chi connectivity index (χ1v) is 10.8. The Labute approximate surface area is 178 Å². The van der Waals surface area contributed by atoms with Crippen LogP contribution in [-0.4, -0.2) is 20.6 Å². The lowest BCUT2D eigenvalue weighted by molar-refractivity contribution is 0.628. The van der Waals surface area contributed by atoms with Gasteiger partial charge in [-0.2, -0.15) is 0 Å². The zero-order valence-electron chi connectivity index (χ0n) is 16.3. The maximum atomic E-state index is 13.5. The second-order valence-corrected chi connectivity index (χ2v) is 7.81. The van der Waals surface area contributed by atoms with E-state index in [0.717, 1.165) is 39.3 Å². The molecule has 30 heavy (non-hydrogen) atoms. The van der Waals surface area contributed by atoms with Crippen molar-refractivity contribution in [1.82, 2.24) is 14.4 Å². The molecule has 0 saturated carbocycles. The fourth-order valence-corrected chi connectivity index (χ4v) is 3.99. The molecule has 5 aromatic rings. The molecule has 0 atom stereocenters. The highest BCUT2D eigenvalue weighted by Gasteiger charge is 2.17. The molecule has 0 saturated heterocycles. The summed E-state index contributed by atoms with van der Waals surface area (Å²) in [6, 6.07) is 23.0. The molecule has 0 aliphatic heterocycles. The van der Waals surface area contributed by atoms with E-state index in [0.29, 0.717) is 0 Å². The average molecular weight is 412 g/mol. The van der Waals surface area contributed by atoms with Gasteiger partial charge in [0.05, 0.1) is 11.4 Å². The van der Waals surface area contributed by atoms with E-state index in [1.807, 2.05) is 24.4 Å². The van der Waals surface area contributed by atoms with Crippen molar-refractivity contribution in [3.05, 3.63) is 97.2 Å². The first-order valence-electron chi connectivity index (χ1n) is 9.56. The number of hydrogen-bond acceptors (Lipinski definition) is 3. The molecule has 0 spiro atoms. The molecule has 146 valence electrons. The zero-order valence-corrected chi connectivity index (χ0v) is 17.1. The highest BCUT2D eigenvalue weighted by molar-refractivity contribution is 7.98. The molecule has 5 rings (SSSR count). The van der Waals surface area contributed by atoms with E-state index in [-0.39, 0.29) is 5.82 Å². The number of thioether (sulfide) groups is 1. The van der Waals surface area contributed by atoms with Crippen LogP contribution in [0.15, 0.2) is 96.3 Å². The van der Waals surface area contributed by atoms with Crippen molar-refractivity contribution in [1.29, 1.82) is 0 Å². The summed E-state index contributed by atoms with van der Waals surface area (Å²) in [5.41, 5.74) is 6.64. The lowest BCUT2D eigenvalue weighted by atomic mass is 10.1. The van der Waals surface area contributed by atoms with Crippen LogP contribution in [0.5, 0.6) is 0 Å².